The lowest BCUT2D eigenvalue weighted by Crippen LogP contribution is -2.38. The van der Waals surface area contributed by atoms with E-state index >= 15 is 0 Å². The highest BCUT2D eigenvalue weighted by atomic mass is 79.9. The van der Waals surface area contributed by atoms with Crippen molar-refractivity contribution in [1.29, 1.82) is 0 Å². The van der Waals surface area contributed by atoms with Crippen LogP contribution in [0.2, 0.25) is 0 Å². The monoisotopic (exact) mass is 482 g/mol. The highest BCUT2D eigenvalue weighted by Crippen LogP contribution is 2.43. The standard InChI is InChI=1S/C27H19BrN2O2/c28-22-17-10-18-23-24(22)25(26(31)32)29-30(23)27(19-11-4-1-5-12-19,20-13-6-2-7-14-20)21-15-8-3-9-16-21/h1-18H,(H,31,32). The molecule has 0 fully saturated rings. The molecule has 0 atom stereocenters. The van der Waals surface area contributed by atoms with Crippen LogP contribution in [0, 0.1) is 0 Å². The van der Waals surface area contributed by atoms with E-state index < -0.39 is 11.5 Å². The summed E-state index contributed by atoms with van der Waals surface area (Å²) in [7, 11) is 0. The van der Waals surface area contributed by atoms with E-state index in [0.717, 1.165) is 22.2 Å². The third kappa shape index (κ3) is 3.05. The number of halogens is 1. The quantitative estimate of drug-likeness (QED) is 0.297. The van der Waals surface area contributed by atoms with Crippen LogP contribution in [-0.4, -0.2) is 20.9 Å². The summed E-state index contributed by atoms with van der Waals surface area (Å²) in [5.74, 6) is -1.07. The number of carboxylic acids is 1. The number of fused-ring (bicyclic) bond motifs is 1. The number of hydrogen-bond acceptors (Lipinski definition) is 2. The molecule has 0 spiro atoms. The van der Waals surface area contributed by atoms with Gasteiger partial charge in [-0.05, 0) is 28.8 Å². The van der Waals surface area contributed by atoms with Gasteiger partial charge in [-0.1, -0.05) is 113 Å². The minimum Gasteiger partial charge on any atom is -0.476 e. The Labute approximate surface area is 193 Å². The highest BCUT2D eigenvalue weighted by molar-refractivity contribution is 9.10. The molecule has 0 aliphatic rings. The van der Waals surface area contributed by atoms with Crippen LogP contribution in [-0.2, 0) is 5.54 Å². The van der Waals surface area contributed by atoms with E-state index in [9.17, 15) is 9.90 Å². The first-order valence-corrected chi connectivity index (χ1v) is 11.0. The van der Waals surface area contributed by atoms with Crippen LogP contribution in [0.3, 0.4) is 0 Å². The summed E-state index contributed by atoms with van der Waals surface area (Å²) >= 11 is 3.55. The normalized spacial score (nSPS) is 11.5. The maximum Gasteiger partial charge on any atom is 0.357 e. The molecular weight excluding hydrogens is 464 g/mol. The summed E-state index contributed by atoms with van der Waals surface area (Å²) < 4.78 is 2.55. The minimum absolute atomic E-state index is 0.0136. The van der Waals surface area contributed by atoms with Crippen molar-refractivity contribution in [3.63, 3.8) is 0 Å². The van der Waals surface area contributed by atoms with Gasteiger partial charge < -0.3 is 5.11 Å². The van der Waals surface area contributed by atoms with Crippen LogP contribution >= 0.6 is 15.9 Å². The first kappa shape index (κ1) is 20.2. The molecule has 0 bridgehead atoms. The first-order chi connectivity index (χ1) is 15.6. The van der Waals surface area contributed by atoms with Crippen LogP contribution in [0.5, 0.6) is 0 Å². The van der Waals surface area contributed by atoms with Gasteiger partial charge in [0.05, 0.1) is 5.52 Å². The summed E-state index contributed by atoms with van der Waals surface area (Å²) in [5, 5.41) is 15.3. The predicted octanol–water partition coefficient (Wildman–Crippen LogP) is 6.34. The van der Waals surface area contributed by atoms with Crippen LogP contribution in [0.1, 0.15) is 27.2 Å². The van der Waals surface area contributed by atoms with Crippen molar-refractivity contribution in [3.05, 3.63) is 136 Å². The van der Waals surface area contributed by atoms with Crippen molar-refractivity contribution < 1.29 is 9.90 Å². The molecule has 1 N–H and O–H groups in total. The van der Waals surface area contributed by atoms with Gasteiger partial charge in [-0.3, -0.25) is 0 Å². The van der Waals surface area contributed by atoms with E-state index in [1.54, 1.807) is 0 Å². The average Bonchev–Trinajstić information content (AvgIpc) is 3.24. The maximum atomic E-state index is 12.2. The van der Waals surface area contributed by atoms with Gasteiger partial charge in [0.2, 0.25) is 0 Å². The average molecular weight is 483 g/mol. The molecule has 4 aromatic carbocycles. The minimum atomic E-state index is -1.07. The van der Waals surface area contributed by atoms with Crippen LogP contribution in [0.15, 0.2) is 114 Å². The fraction of sp³-hybridized carbons (Fsp3) is 0.0370. The Morgan fingerprint density at radius 1 is 0.719 bits per heavy atom. The molecule has 0 aliphatic carbocycles. The Bertz CT molecular complexity index is 1300. The molecule has 0 aliphatic heterocycles. The maximum absolute atomic E-state index is 12.2. The van der Waals surface area contributed by atoms with Crippen molar-refractivity contribution in [2.75, 3.05) is 0 Å². The lowest BCUT2D eigenvalue weighted by molar-refractivity contribution is 0.0691. The zero-order valence-corrected chi connectivity index (χ0v) is 18.6. The SMILES string of the molecule is O=C(O)c1nn(C(c2ccccc2)(c2ccccc2)c2ccccc2)c2cccc(Br)c12. The number of benzene rings is 4. The van der Waals surface area contributed by atoms with Crippen LogP contribution in [0.4, 0.5) is 0 Å². The molecule has 0 amide bonds. The Kier molecular flexibility index (Phi) is 5.11. The largest absolute Gasteiger partial charge is 0.476 e. The van der Waals surface area contributed by atoms with E-state index in [4.69, 9.17) is 5.10 Å². The van der Waals surface area contributed by atoms with E-state index in [0.29, 0.717) is 9.86 Å². The topological polar surface area (TPSA) is 55.1 Å². The summed E-state index contributed by atoms with van der Waals surface area (Å²) in [6.07, 6.45) is 0. The highest BCUT2D eigenvalue weighted by Gasteiger charge is 2.41. The molecule has 1 heterocycles. The fourth-order valence-corrected chi connectivity index (χ4v) is 4.98. The second kappa shape index (κ2) is 8.09. The van der Waals surface area contributed by atoms with Crippen molar-refractivity contribution in [2.45, 2.75) is 5.54 Å². The summed E-state index contributed by atoms with van der Waals surface area (Å²) in [6, 6.07) is 35.9. The first-order valence-electron chi connectivity index (χ1n) is 10.2. The van der Waals surface area contributed by atoms with Gasteiger partial charge >= 0.3 is 5.97 Å². The van der Waals surface area contributed by atoms with Gasteiger partial charge in [0, 0.05) is 9.86 Å². The molecule has 0 saturated carbocycles. The predicted molar refractivity (Wildman–Crippen MR) is 129 cm³/mol. The third-order valence-corrected chi connectivity index (χ3v) is 6.41. The molecule has 32 heavy (non-hydrogen) atoms. The van der Waals surface area contributed by atoms with E-state index in [1.807, 2.05) is 77.5 Å². The number of carboxylic acid groups (broad SMARTS) is 1. The molecule has 5 heteroatoms. The fourth-order valence-electron chi connectivity index (χ4n) is 4.44. The van der Waals surface area contributed by atoms with E-state index in [2.05, 4.69) is 52.3 Å². The number of nitrogens with zero attached hydrogens (tertiary/aromatic N) is 2. The van der Waals surface area contributed by atoms with Crippen molar-refractivity contribution >= 4 is 32.8 Å². The Hall–Kier alpha value is -3.70. The summed E-state index contributed by atoms with van der Waals surface area (Å²) in [4.78, 5) is 12.2. The van der Waals surface area contributed by atoms with Gasteiger partial charge in [0.25, 0.3) is 0 Å². The Morgan fingerprint density at radius 3 is 1.62 bits per heavy atom. The van der Waals surface area contributed by atoms with Gasteiger partial charge in [0.1, 0.15) is 5.54 Å². The molecule has 4 nitrogen and oxygen atoms in total. The Morgan fingerprint density at radius 2 is 1.19 bits per heavy atom. The van der Waals surface area contributed by atoms with Crippen LogP contribution < -0.4 is 0 Å². The number of carbonyl (C=O) groups is 1. The summed E-state index contributed by atoms with van der Waals surface area (Å²) in [6.45, 7) is 0. The summed E-state index contributed by atoms with van der Waals surface area (Å²) in [5.41, 5.74) is 2.82. The van der Waals surface area contributed by atoms with E-state index in [1.165, 1.54) is 0 Å². The van der Waals surface area contributed by atoms with Gasteiger partial charge in [0.15, 0.2) is 5.69 Å². The van der Waals surface area contributed by atoms with Crippen molar-refractivity contribution in [3.8, 4) is 0 Å². The lowest BCUT2D eigenvalue weighted by atomic mass is 9.77. The lowest BCUT2D eigenvalue weighted by Gasteiger charge is -2.37. The number of hydrogen-bond donors (Lipinski definition) is 1. The molecule has 5 aromatic rings. The molecule has 0 saturated heterocycles. The molecular formula is C27H19BrN2O2. The van der Waals surface area contributed by atoms with Gasteiger partial charge in [-0.25, -0.2) is 9.48 Å². The molecule has 1 aromatic heterocycles. The Balaban J connectivity index is 2.02. The van der Waals surface area contributed by atoms with Crippen molar-refractivity contribution in [1.82, 2.24) is 9.78 Å². The van der Waals surface area contributed by atoms with Crippen molar-refractivity contribution in [2.24, 2.45) is 0 Å². The number of aromatic nitrogens is 2. The van der Waals surface area contributed by atoms with E-state index in [-0.39, 0.29) is 5.69 Å². The molecule has 0 unspecified atom stereocenters. The zero-order valence-electron chi connectivity index (χ0n) is 17.0. The molecule has 5 rings (SSSR count). The second-order valence-electron chi connectivity index (χ2n) is 7.51. The smallest absolute Gasteiger partial charge is 0.357 e. The second-order valence-corrected chi connectivity index (χ2v) is 8.36. The zero-order chi connectivity index (χ0) is 22.1. The van der Waals surface area contributed by atoms with Gasteiger partial charge in [-0.15, -0.1) is 0 Å². The molecule has 0 radical (unpaired) electrons. The van der Waals surface area contributed by atoms with Gasteiger partial charge in [-0.2, -0.15) is 5.10 Å². The number of aromatic carboxylic acids is 1. The molecule has 156 valence electrons. The van der Waals surface area contributed by atoms with Crippen LogP contribution in [0.25, 0.3) is 10.9 Å². The number of rotatable bonds is 5. The third-order valence-electron chi connectivity index (χ3n) is 5.75.